The van der Waals surface area contributed by atoms with Crippen LogP contribution in [0.1, 0.15) is 28.2 Å². The number of aromatic nitrogens is 1. The van der Waals surface area contributed by atoms with Crippen LogP contribution in [0, 0.1) is 0 Å². The molecule has 0 spiro atoms. The lowest BCUT2D eigenvalue weighted by Gasteiger charge is -2.15. The summed E-state index contributed by atoms with van der Waals surface area (Å²) in [7, 11) is 1.51. The number of aliphatic carboxylic acids is 1. The average molecular weight is 569 g/mol. The number of oxime groups is 1. The molecule has 5 rings (SSSR count). The largest absolute Gasteiger partial charge is 0.508 e. The van der Waals surface area contributed by atoms with Crippen molar-refractivity contribution in [2.24, 2.45) is 5.16 Å². The van der Waals surface area contributed by atoms with Gasteiger partial charge in [-0.3, -0.25) is 14.2 Å². The standard InChI is InChI=1S/C32H28N2O6S/c1-39-33-30(22-7-3-2-4-8-22)23-13-16-27-29(20-23)41-32(38)34(27)17-18-40-24-14-11-21(12-15-24)19-26(31(36)37)25-9-5-6-10-28(25)35/h2-16,20,26,35H,17-19H2,1H3,(H,36,37)/b33-30+. The molecule has 41 heavy (non-hydrogen) atoms. The number of ether oxygens (including phenoxy) is 1. The number of carbonyl (C=O) groups is 1. The van der Waals surface area contributed by atoms with Crippen LogP contribution in [0.3, 0.4) is 0 Å². The smallest absolute Gasteiger partial charge is 0.311 e. The molecule has 0 saturated heterocycles. The molecule has 0 amide bonds. The van der Waals surface area contributed by atoms with Crippen molar-refractivity contribution in [1.29, 1.82) is 0 Å². The van der Waals surface area contributed by atoms with Gasteiger partial charge in [0.05, 0.1) is 22.7 Å². The van der Waals surface area contributed by atoms with Crippen molar-refractivity contribution in [2.45, 2.75) is 18.9 Å². The lowest BCUT2D eigenvalue weighted by Crippen LogP contribution is -2.17. The second-order valence-corrected chi connectivity index (χ2v) is 10.3. The number of phenols is 1. The van der Waals surface area contributed by atoms with Crippen molar-refractivity contribution >= 4 is 33.2 Å². The lowest BCUT2D eigenvalue weighted by atomic mass is 9.91. The third-order valence-corrected chi connectivity index (χ3v) is 7.67. The number of fused-ring (bicyclic) bond motifs is 1. The topological polar surface area (TPSA) is 110 Å². The van der Waals surface area contributed by atoms with Crippen LogP contribution in [-0.4, -0.2) is 40.2 Å². The van der Waals surface area contributed by atoms with Crippen molar-refractivity contribution in [1.82, 2.24) is 4.57 Å². The minimum atomic E-state index is -1.00. The van der Waals surface area contributed by atoms with Gasteiger partial charge >= 0.3 is 10.8 Å². The average Bonchev–Trinajstić information content (AvgIpc) is 3.30. The Labute approximate surface area is 240 Å². The summed E-state index contributed by atoms with van der Waals surface area (Å²) < 4.78 is 8.43. The summed E-state index contributed by atoms with van der Waals surface area (Å²) in [5, 5.41) is 24.0. The monoisotopic (exact) mass is 568 g/mol. The molecule has 8 nitrogen and oxygen atoms in total. The molecule has 2 N–H and O–H groups in total. The Morgan fingerprint density at radius 3 is 2.39 bits per heavy atom. The first-order chi connectivity index (χ1) is 19.9. The number of para-hydroxylation sites is 1. The molecule has 5 aromatic rings. The molecule has 0 saturated carbocycles. The predicted octanol–water partition coefficient (Wildman–Crippen LogP) is 5.66. The fourth-order valence-corrected chi connectivity index (χ4v) is 5.67. The van der Waals surface area contributed by atoms with E-state index in [2.05, 4.69) is 5.16 Å². The number of carboxylic acids is 1. The number of benzene rings is 4. The number of thiazole rings is 1. The van der Waals surface area contributed by atoms with Gasteiger partial charge in [-0.15, -0.1) is 0 Å². The van der Waals surface area contributed by atoms with Crippen LogP contribution in [0.15, 0.2) is 107 Å². The highest BCUT2D eigenvalue weighted by atomic mass is 32.1. The Balaban J connectivity index is 1.25. The van der Waals surface area contributed by atoms with Crippen molar-refractivity contribution in [3.05, 3.63) is 129 Å². The van der Waals surface area contributed by atoms with E-state index in [0.29, 0.717) is 23.6 Å². The van der Waals surface area contributed by atoms with E-state index in [1.807, 2.05) is 60.7 Å². The summed E-state index contributed by atoms with van der Waals surface area (Å²) >= 11 is 1.17. The third-order valence-electron chi connectivity index (χ3n) is 6.73. The number of aromatic hydroxyl groups is 1. The fraction of sp³-hybridized carbons (Fsp3) is 0.156. The molecule has 0 aliphatic rings. The summed E-state index contributed by atoms with van der Waals surface area (Å²) in [6.45, 7) is 0.648. The van der Waals surface area contributed by atoms with E-state index in [0.717, 1.165) is 26.9 Å². The lowest BCUT2D eigenvalue weighted by molar-refractivity contribution is -0.138. The molecule has 0 radical (unpaired) electrons. The van der Waals surface area contributed by atoms with E-state index in [9.17, 15) is 19.8 Å². The van der Waals surface area contributed by atoms with Gasteiger partial charge in [0, 0.05) is 16.7 Å². The van der Waals surface area contributed by atoms with Gasteiger partial charge in [-0.1, -0.05) is 83.2 Å². The van der Waals surface area contributed by atoms with Crippen LogP contribution in [0.25, 0.3) is 10.2 Å². The van der Waals surface area contributed by atoms with Crippen LogP contribution in [0.4, 0.5) is 0 Å². The molecule has 208 valence electrons. The van der Waals surface area contributed by atoms with Crippen LogP contribution in [0.5, 0.6) is 11.5 Å². The van der Waals surface area contributed by atoms with E-state index >= 15 is 0 Å². The van der Waals surface area contributed by atoms with Gasteiger partial charge in [0.1, 0.15) is 30.9 Å². The van der Waals surface area contributed by atoms with Crippen LogP contribution in [-0.2, 0) is 22.6 Å². The first-order valence-electron chi connectivity index (χ1n) is 13.0. The van der Waals surface area contributed by atoms with Gasteiger partial charge in [-0.2, -0.15) is 0 Å². The van der Waals surface area contributed by atoms with Gasteiger partial charge in [0.2, 0.25) is 0 Å². The van der Waals surface area contributed by atoms with Crippen LogP contribution >= 0.6 is 11.3 Å². The molecule has 1 heterocycles. The fourth-order valence-electron chi connectivity index (χ4n) is 4.71. The number of phenolic OH excluding ortho intramolecular Hbond substituents is 1. The second kappa shape index (κ2) is 12.5. The van der Waals surface area contributed by atoms with Crippen molar-refractivity contribution < 1.29 is 24.6 Å². The van der Waals surface area contributed by atoms with Gasteiger partial charge in [-0.25, -0.2) is 0 Å². The first kappa shape index (κ1) is 27.7. The third kappa shape index (κ3) is 6.31. The number of nitrogens with zero attached hydrogens (tertiary/aromatic N) is 2. The summed E-state index contributed by atoms with van der Waals surface area (Å²) in [6.07, 6.45) is 0.229. The Morgan fingerprint density at radius 2 is 1.68 bits per heavy atom. The minimum absolute atomic E-state index is 0.0352. The maximum Gasteiger partial charge on any atom is 0.311 e. The quantitative estimate of drug-likeness (QED) is 0.157. The molecule has 0 fully saturated rings. The molecule has 1 unspecified atom stereocenters. The predicted molar refractivity (Wildman–Crippen MR) is 159 cm³/mol. The van der Waals surface area contributed by atoms with Gasteiger partial charge < -0.3 is 19.8 Å². The molecule has 9 heteroatoms. The Morgan fingerprint density at radius 1 is 0.951 bits per heavy atom. The maximum absolute atomic E-state index is 12.8. The summed E-state index contributed by atoms with van der Waals surface area (Å²) in [4.78, 5) is 29.7. The highest BCUT2D eigenvalue weighted by molar-refractivity contribution is 7.16. The Kier molecular flexibility index (Phi) is 8.45. The molecular weight excluding hydrogens is 540 g/mol. The molecule has 1 atom stereocenters. The molecule has 1 aromatic heterocycles. The zero-order valence-electron chi connectivity index (χ0n) is 22.3. The van der Waals surface area contributed by atoms with Crippen molar-refractivity contribution in [3.63, 3.8) is 0 Å². The SMILES string of the molecule is CO/N=C(\c1ccccc1)c1ccc2c(c1)sc(=O)n2CCOc1ccc(CC(C(=O)O)c2ccccc2O)cc1. The Bertz CT molecular complexity index is 1740. The molecule has 0 aliphatic heterocycles. The number of hydrogen-bond acceptors (Lipinski definition) is 7. The summed E-state index contributed by atoms with van der Waals surface area (Å²) in [5.41, 5.74) is 4.44. The van der Waals surface area contributed by atoms with Gasteiger partial charge in [0.25, 0.3) is 0 Å². The minimum Gasteiger partial charge on any atom is -0.508 e. The number of rotatable bonds is 11. The van der Waals surface area contributed by atoms with Gasteiger partial charge in [-0.05, 0) is 42.3 Å². The molecule has 0 bridgehead atoms. The maximum atomic E-state index is 12.8. The van der Waals surface area contributed by atoms with Crippen molar-refractivity contribution in [3.8, 4) is 11.5 Å². The summed E-state index contributed by atoms with van der Waals surface area (Å²) in [5.74, 6) is -1.30. The van der Waals surface area contributed by atoms with E-state index < -0.39 is 11.9 Å². The van der Waals surface area contributed by atoms with E-state index in [-0.39, 0.29) is 23.7 Å². The highest BCUT2D eigenvalue weighted by Crippen LogP contribution is 2.29. The summed E-state index contributed by atoms with van der Waals surface area (Å²) in [6, 6.07) is 29.2. The van der Waals surface area contributed by atoms with Crippen molar-refractivity contribution in [2.75, 3.05) is 13.7 Å². The molecular formula is C32H28N2O6S. The van der Waals surface area contributed by atoms with Crippen LogP contribution in [0.2, 0.25) is 0 Å². The van der Waals surface area contributed by atoms with E-state index in [4.69, 9.17) is 9.57 Å². The Hall–Kier alpha value is -4.89. The number of hydrogen-bond donors (Lipinski definition) is 2. The normalized spacial score (nSPS) is 12.3. The zero-order chi connectivity index (χ0) is 28.8. The number of carboxylic acid groups (broad SMARTS) is 1. The first-order valence-corrected chi connectivity index (χ1v) is 13.8. The zero-order valence-corrected chi connectivity index (χ0v) is 23.1. The molecule has 0 aliphatic carbocycles. The van der Waals surface area contributed by atoms with Crippen LogP contribution < -0.4 is 9.61 Å². The van der Waals surface area contributed by atoms with E-state index in [1.165, 1.54) is 24.5 Å². The second-order valence-electron chi connectivity index (χ2n) is 9.34. The molecule has 4 aromatic carbocycles. The highest BCUT2D eigenvalue weighted by Gasteiger charge is 2.23. The van der Waals surface area contributed by atoms with Gasteiger partial charge in [0.15, 0.2) is 0 Å². The van der Waals surface area contributed by atoms with E-state index in [1.54, 1.807) is 34.9 Å².